The van der Waals surface area contributed by atoms with Gasteiger partial charge in [-0.1, -0.05) is 26.0 Å². The topological polar surface area (TPSA) is 56.1 Å². The zero-order valence-electron chi connectivity index (χ0n) is 13.6. The molecular formula is C17H25N3O. The molecule has 0 aromatic heterocycles. The first-order valence-corrected chi connectivity index (χ1v) is 7.32. The van der Waals surface area contributed by atoms with E-state index in [1.165, 1.54) is 0 Å². The molecule has 0 heterocycles. The summed E-state index contributed by atoms with van der Waals surface area (Å²) < 4.78 is 0. The molecule has 0 bridgehead atoms. The van der Waals surface area contributed by atoms with Crippen molar-refractivity contribution in [1.29, 1.82) is 5.26 Å². The van der Waals surface area contributed by atoms with Crippen molar-refractivity contribution in [3.05, 3.63) is 35.4 Å². The van der Waals surface area contributed by atoms with Gasteiger partial charge >= 0.3 is 0 Å². The number of nitrogens with one attached hydrogen (secondary N) is 1. The first-order chi connectivity index (χ1) is 9.85. The Kier molecular flexibility index (Phi) is 6.39. The Labute approximate surface area is 127 Å². The van der Waals surface area contributed by atoms with Crippen molar-refractivity contribution in [1.82, 2.24) is 10.2 Å². The number of amides is 1. The zero-order valence-corrected chi connectivity index (χ0v) is 13.6. The molecule has 1 aromatic carbocycles. The summed E-state index contributed by atoms with van der Waals surface area (Å²) in [6, 6.07) is 9.46. The second kappa shape index (κ2) is 7.80. The smallest absolute Gasteiger partial charge is 0.239 e. The van der Waals surface area contributed by atoms with E-state index < -0.39 is 0 Å². The highest BCUT2D eigenvalue weighted by molar-refractivity contribution is 5.81. The summed E-state index contributed by atoms with van der Waals surface area (Å²) in [4.78, 5) is 13.9. The lowest BCUT2D eigenvalue weighted by atomic mass is 9.99. The molecule has 1 amide bonds. The van der Waals surface area contributed by atoms with Gasteiger partial charge in [0.1, 0.15) is 0 Å². The number of rotatable bonds is 6. The SMILES string of the molecule is CC(C)CC(NC(C)c1cccc(C#N)c1)C(=O)N(C)C. The Morgan fingerprint density at radius 1 is 1.33 bits per heavy atom. The average molecular weight is 287 g/mol. The van der Waals surface area contributed by atoms with Gasteiger partial charge < -0.3 is 4.90 Å². The molecule has 4 nitrogen and oxygen atoms in total. The van der Waals surface area contributed by atoms with Gasteiger partial charge in [0.25, 0.3) is 0 Å². The van der Waals surface area contributed by atoms with Crippen LogP contribution in [0.1, 0.15) is 44.4 Å². The van der Waals surface area contributed by atoms with Gasteiger partial charge in [-0.05, 0) is 37.0 Å². The van der Waals surface area contributed by atoms with Gasteiger partial charge in [-0.15, -0.1) is 0 Å². The Balaban J connectivity index is 2.86. The molecule has 0 radical (unpaired) electrons. The Morgan fingerprint density at radius 2 is 2.00 bits per heavy atom. The molecule has 21 heavy (non-hydrogen) atoms. The molecule has 0 aliphatic carbocycles. The van der Waals surface area contributed by atoms with Crippen molar-refractivity contribution < 1.29 is 4.79 Å². The maximum atomic E-state index is 12.3. The third-order valence-electron chi connectivity index (χ3n) is 3.41. The van der Waals surface area contributed by atoms with Crippen molar-refractivity contribution in [2.45, 2.75) is 39.3 Å². The van der Waals surface area contributed by atoms with Crippen LogP contribution in [-0.2, 0) is 4.79 Å². The Morgan fingerprint density at radius 3 is 2.52 bits per heavy atom. The van der Waals surface area contributed by atoms with Crippen LogP contribution in [0.2, 0.25) is 0 Å². The molecular weight excluding hydrogens is 262 g/mol. The first-order valence-electron chi connectivity index (χ1n) is 7.32. The van der Waals surface area contributed by atoms with Crippen LogP contribution in [0.5, 0.6) is 0 Å². The second-order valence-corrected chi connectivity index (χ2v) is 6.04. The maximum absolute atomic E-state index is 12.3. The molecule has 0 spiro atoms. The highest BCUT2D eigenvalue weighted by Gasteiger charge is 2.23. The summed E-state index contributed by atoms with van der Waals surface area (Å²) in [5.74, 6) is 0.524. The molecule has 2 atom stereocenters. The molecule has 4 heteroatoms. The summed E-state index contributed by atoms with van der Waals surface area (Å²) in [7, 11) is 3.55. The van der Waals surface area contributed by atoms with E-state index >= 15 is 0 Å². The van der Waals surface area contributed by atoms with Crippen LogP contribution in [0, 0.1) is 17.2 Å². The third-order valence-corrected chi connectivity index (χ3v) is 3.41. The summed E-state index contributed by atoms with van der Waals surface area (Å²) in [5.41, 5.74) is 1.66. The van der Waals surface area contributed by atoms with Crippen molar-refractivity contribution in [3.63, 3.8) is 0 Å². The summed E-state index contributed by atoms with van der Waals surface area (Å²) in [6.07, 6.45) is 0.791. The van der Waals surface area contributed by atoms with E-state index in [0.29, 0.717) is 11.5 Å². The zero-order chi connectivity index (χ0) is 16.0. The first kappa shape index (κ1) is 17.2. The van der Waals surface area contributed by atoms with Crippen LogP contribution < -0.4 is 5.32 Å². The number of hydrogen-bond acceptors (Lipinski definition) is 3. The van der Waals surface area contributed by atoms with Crippen LogP contribution in [-0.4, -0.2) is 30.9 Å². The van der Waals surface area contributed by atoms with E-state index in [1.54, 1.807) is 25.1 Å². The van der Waals surface area contributed by atoms with E-state index in [9.17, 15) is 4.79 Å². The van der Waals surface area contributed by atoms with Crippen molar-refractivity contribution in [2.75, 3.05) is 14.1 Å². The van der Waals surface area contributed by atoms with Gasteiger partial charge in [0.05, 0.1) is 17.7 Å². The largest absolute Gasteiger partial charge is 0.347 e. The third kappa shape index (κ3) is 5.20. The average Bonchev–Trinajstić information content (AvgIpc) is 2.45. The maximum Gasteiger partial charge on any atom is 0.239 e. The van der Waals surface area contributed by atoms with Crippen LogP contribution in [0.4, 0.5) is 0 Å². The normalized spacial score (nSPS) is 13.6. The number of likely N-dealkylation sites (N-methyl/N-ethyl adjacent to an activating group) is 1. The fourth-order valence-electron chi connectivity index (χ4n) is 2.30. The lowest BCUT2D eigenvalue weighted by Gasteiger charge is -2.26. The van der Waals surface area contributed by atoms with Crippen LogP contribution in [0.3, 0.4) is 0 Å². The van der Waals surface area contributed by atoms with Gasteiger partial charge in [0.2, 0.25) is 5.91 Å². The van der Waals surface area contributed by atoms with Crippen LogP contribution >= 0.6 is 0 Å². The van der Waals surface area contributed by atoms with Crippen molar-refractivity contribution in [2.24, 2.45) is 5.92 Å². The van der Waals surface area contributed by atoms with Gasteiger partial charge in [-0.25, -0.2) is 0 Å². The Bertz CT molecular complexity index is 517. The van der Waals surface area contributed by atoms with Gasteiger partial charge in [0.15, 0.2) is 0 Å². The summed E-state index contributed by atoms with van der Waals surface area (Å²) in [6.45, 7) is 6.24. The van der Waals surface area contributed by atoms with Gasteiger partial charge in [-0.2, -0.15) is 5.26 Å². The molecule has 114 valence electrons. The minimum Gasteiger partial charge on any atom is -0.347 e. The van der Waals surface area contributed by atoms with Crippen LogP contribution in [0.15, 0.2) is 24.3 Å². The van der Waals surface area contributed by atoms with E-state index in [1.807, 2.05) is 25.1 Å². The number of nitriles is 1. The highest BCUT2D eigenvalue weighted by atomic mass is 16.2. The van der Waals surface area contributed by atoms with Gasteiger partial charge in [-0.3, -0.25) is 10.1 Å². The van der Waals surface area contributed by atoms with E-state index in [-0.39, 0.29) is 18.0 Å². The summed E-state index contributed by atoms with van der Waals surface area (Å²) >= 11 is 0. The van der Waals surface area contributed by atoms with Crippen LogP contribution in [0.25, 0.3) is 0 Å². The lowest BCUT2D eigenvalue weighted by Crippen LogP contribution is -2.45. The predicted molar refractivity (Wildman–Crippen MR) is 84.6 cm³/mol. The molecule has 1 aromatic rings. The molecule has 0 saturated heterocycles. The van der Waals surface area contributed by atoms with E-state index in [2.05, 4.69) is 25.2 Å². The molecule has 0 aliphatic rings. The van der Waals surface area contributed by atoms with E-state index in [4.69, 9.17) is 5.26 Å². The quantitative estimate of drug-likeness (QED) is 0.875. The second-order valence-electron chi connectivity index (χ2n) is 6.04. The predicted octanol–water partition coefficient (Wildman–Crippen LogP) is 2.71. The minimum atomic E-state index is -0.208. The van der Waals surface area contributed by atoms with Crippen molar-refractivity contribution >= 4 is 5.91 Å². The van der Waals surface area contributed by atoms with Crippen molar-refractivity contribution in [3.8, 4) is 6.07 Å². The molecule has 0 fully saturated rings. The number of hydrogen-bond donors (Lipinski definition) is 1. The lowest BCUT2D eigenvalue weighted by molar-refractivity contribution is -0.131. The molecule has 2 unspecified atom stereocenters. The monoisotopic (exact) mass is 287 g/mol. The summed E-state index contributed by atoms with van der Waals surface area (Å²) in [5, 5.41) is 12.4. The minimum absolute atomic E-state index is 0.0194. The Hall–Kier alpha value is -1.86. The number of nitrogens with zero attached hydrogens (tertiary/aromatic N) is 2. The molecule has 0 aliphatic heterocycles. The van der Waals surface area contributed by atoms with E-state index in [0.717, 1.165) is 12.0 Å². The molecule has 0 saturated carbocycles. The highest BCUT2D eigenvalue weighted by Crippen LogP contribution is 2.17. The standard InChI is InChI=1S/C17H25N3O/c1-12(2)9-16(17(21)20(4)5)19-13(3)15-8-6-7-14(10-15)11-18/h6-8,10,12-13,16,19H,9H2,1-5H3. The molecule has 1 N–H and O–H groups in total. The van der Waals surface area contributed by atoms with Gasteiger partial charge in [0, 0.05) is 20.1 Å². The molecule has 1 rings (SSSR count). The number of benzene rings is 1. The number of carbonyl (C=O) groups is 1. The number of carbonyl (C=O) groups excluding carboxylic acids is 1. The fourth-order valence-corrected chi connectivity index (χ4v) is 2.30. The fraction of sp³-hybridized carbons (Fsp3) is 0.529.